The number of nitrogens with two attached hydrogens (primary N) is 1. The number of carbonyl (C=O) groups is 1. The molecule has 0 bridgehead atoms. The minimum atomic E-state index is 0. The molecule has 2 unspecified atom stereocenters. The van der Waals surface area contributed by atoms with Crippen LogP contribution in [0.1, 0.15) is 40.1 Å². The van der Waals surface area contributed by atoms with Crippen molar-refractivity contribution < 1.29 is 4.79 Å². The van der Waals surface area contributed by atoms with Gasteiger partial charge in [-0.05, 0) is 39.5 Å². The first-order valence-corrected chi connectivity index (χ1v) is 7.29. The van der Waals surface area contributed by atoms with Crippen molar-refractivity contribution in [3.8, 4) is 0 Å². The van der Waals surface area contributed by atoms with Crippen molar-refractivity contribution in [3.63, 3.8) is 0 Å². The van der Waals surface area contributed by atoms with Gasteiger partial charge in [0.25, 0.3) is 5.91 Å². The third-order valence-corrected chi connectivity index (χ3v) is 4.65. The highest BCUT2D eigenvalue weighted by atomic mass is 35.5. The molecule has 2 atom stereocenters. The van der Waals surface area contributed by atoms with Crippen molar-refractivity contribution in [2.45, 2.75) is 39.7 Å². The lowest BCUT2D eigenvalue weighted by molar-refractivity contribution is 0.0665. The van der Waals surface area contributed by atoms with Gasteiger partial charge in [0, 0.05) is 19.1 Å². The quantitative estimate of drug-likeness (QED) is 0.901. The first-order chi connectivity index (χ1) is 8.49. The van der Waals surface area contributed by atoms with Crippen LogP contribution in [0.3, 0.4) is 0 Å². The summed E-state index contributed by atoms with van der Waals surface area (Å²) in [5, 5.41) is 0.955. The van der Waals surface area contributed by atoms with Gasteiger partial charge in [-0.15, -0.1) is 36.2 Å². The van der Waals surface area contributed by atoms with E-state index in [1.807, 2.05) is 25.7 Å². The van der Waals surface area contributed by atoms with Gasteiger partial charge < -0.3 is 10.6 Å². The van der Waals surface area contributed by atoms with Crippen LogP contribution in [0.15, 0.2) is 0 Å². The smallest absolute Gasteiger partial charge is 0.265 e. The monoisotopic (exact) mass is 339 g/mol. The molecule has 1 amide bonds. The second-order valence-electron chi connectivity index (χ2n) is 5.16. The number of aromatic nitrogens is 1. The van der Waals surface area contributed by atoms with Gasteiger partial charge in [-0.3, -0.25) is 4.79 Å². The third kappa shape index (κ3) is 4.32. The normalized spacial score (nSPS) is 19.8. The Hall–Kier alpha value is -0.360. The zero-order valence-electron chi connectivity index (χ0n) is 12.1. The van der Waals surface area contributed by atoms with Crippen LogP contribution < -0.4 is 5.73 Å². The molecule has 1 aromatic rings. The molecule has 7 heteroatoms. The van der Waals surface area contributed by atoms with E-state index in [4.69, 9.17) is 5.73 Å². The molecule has 116 valence electrons. The highest BCUT2D eigenvalue weighted by Crippen LogP contribution is 2.24. The van der Waals surface area contributed by atoms with Gasteiger partial charge in [0.1, 0.15) is 4.88 Å². The van der Waals surface area contributed by atoms with E-state index in [0.717, 1.165) is 41.5 Å². The van der Waals surface area contributed by atoms with E-state index in [9.17, 15) is 4.79 Å². The summed E-state index contributed by atoms with van der Waals surface area (Å²) >= 11 is 1.49. The van der Waals surface area contributed by atoms with Gasteiger partial charge in [-0.2, -0.15) is 0 Å². The lowest BCUT2D eigenvalue weighted by Crippen LogP contribution is -2.45. The standard InChI is InChI=1S/C13H21N3OS.2ClH/c1-8(14)11-5-4-6-16(7-11)13(17)12-9(2)15-10(3)18-12;;/h8,11H,4-7,14H2,1-3H3;2*1H. The number of amides is 1. The van der Waals surface area contributed by atoms with Crippen LogP contribution in [0.5, 0.6) is 0 Å². The fraction of sp³-hybridized carbons (Fsp3) is 0.692. The molecule has 0 spiro atoms. The molecule has 20 heavy (non-hydrogen) atoms. The van der Waals surface area contributed by atoms with Crippen LogP contribution in [0, 0.1) is 19.8 Å². The van der Waals surface area contributed by atoms with Gasteiger partial charge >= 0.3 is 0 Å². The summed E-state index contributed by atoms with van der Waals surface area (Å²) in [6, 6.07) is 0.157. The van der Waals surface area contributed by atoms with Crippen molar-refractivity contribution in [3.05, 3.63) is 15.6 Å². The van der Waals surface area contributed by atoms with E-state index < -0.39 is 0 Å². The maximum absolute atomic E-state index is 12.5. The summed E-state index contributed by atoms with van der Waals surface area (Å²) in [4.78, 5) is 19.5. The molecule has 1 fully saturated rings. The molecule has 2 N–H and O–H groups in total. The number of halogens is 2. The van der Waals surface area contributed by atoms with Crippen molar-refractivity contribution >= 4 is 42.1 Å². The number of carbonyl (C=O) groups excluding carboxylic acids is 1. The number of aryl methyl sites for hydroxylation is 2. The molecule has 0 saturated carbocycles. The Morgan fingerprint density at radius 2 is 2.10 bits per heavy atom. The van der Waals surface area contributed by atoms with E-state index in [2.05, 4.69) is 4.98 Å². The first-order valence-electron chi connectivity index (χ1n) is 6.48. The lowest BCUT2D eigenvalue weighted by atomic mass is 9.92. The van der Waals surface area contributed by atoms with E-state index in [-0.39, 0.29) is 36.8 Å². The SMILES string of the molecule is Cc1nc(C)c(C(=O)N2CCCC(C(C)N)C2)s1.Cl.Cl. The van der Waals surface area contributed by atoms with E-state index in [1.165, 1.54) is 11.3 Å². The summed E-state index contributed by atoms with van der Waals surface area (Å²) < 4.78 is 0. The fourth-order valence-corrected chi connectivity index (χ4v) is 3.38. The van der Waals surface area contributed by atoms with Crippen LogP contribution in [0.2, 0.25) is 0 Å². The summed E-state index contributed by atoms with van der Waals surface area (Å²) in [5.41, 5.74) is 6.81. The number of hydrogen-bond acceptors (Lipinski definition) is 4. The first kappa shape index (κ1) is 19.6. The summed E-state index contributed by atoms with van der Waals surface area (Å²) in [6.45, 7) is 7.51. The second-order valence-corrected chi connectivity index (χ2v) is 6.36. The van der Waals surface area contributed by atoms with Crippen LogP contribution in [0.4, 0.5) is 0 Å². The molecule has 1 aliphatic rings. The van der Waals surface area contributed by atoms with Crippen molar-refractivity contribution in [1.82, 2.24) is 9.88 Å². The lowest BCUT2D eigenvalue weighted by Gasteiger charge is -2.34. The van der Waals surface area contributed by atoms with Gasteiger partial charge in [0.15, 0.2) is 0 Å². The Morgan fingerprint density at radius 3 is 2.60 bits per heavy atom. The number of hydrogen-bond donors (Lipinski definition) is 1. The average Bonchev–Trinajstić information content (AvgIpc) is 2.67. The van der Waals surface area contributed by atoms with Crippen LogP contribution >= 0.6 is 36.2 Å². The summed E-state index contributed by atoms with van der Waals surface area (Å²) in [7, 11) is 0. The zero-order chi connectivity index (χ0) is 13.3. The Morgan fingerprint density at radius 1 is 1.45 bits per heavy atom. The van der Waals surface area contributed by atoms with Gasteiger partial charge in [0.2, 0.25) is 0 Å². The molecule has 1 aromatic heterocycles. The fourth-order valence-electron chi connectivity index (χ4n) is 2.50. The number of rotatable bonds is 2. The summed E-state index contributed by atoms with van der Waals surface area (Å²) in [5.74, 6) is 0.556. The molecule has 2 heterocycles. The van der Waals surface area contributed by atoms with Crippen molar-refractivity contribution in [2.24, 2.45) is 11.7 Å². The Bertz CT molecular complexity index is 451. The van der Waals surface area contributed by atoms with Gasteiger partial charge in [-0.1, -0.05) is 0 Å². The predicted molar refractivity (Wildman–Crippen MR) is 88.4 cm³/mol. The number of thiazole rings is 1. The molecular weight excluding hydrogens is 317 g/mol. The molecule has 4 nitrogen and oxygen atoms in total. The Labute approximate surface area is 137 Å². The molecule has 2 rings (SSSR count). The van der Waals surface area contributed by atoms with Gasteiger partial charge in [-0.25, -0.2) is 4.98 Å². The highest BCUT2D eigenvalue weighted by molar-refractivity contribution is 7.13. The average molecular weight is 340 g/mol. The van der Waals surface area contributed by atoms with Crippen molar-refractivity contribution in [2.75, 3.05) is 13.1 Å². The van der Waals surface area contributed by atoms with Crippen LogP contribution in [-0.4, -0.2) is 34.9 Å². The van der Waals surface area contributed by atoms with E-state index in [1.54, 1.807) is 0 Å². The second kappa shape index (κ2) is 8.17. The predicted octanol–water partition coefficient (Wildman–Crippen LogP) is 2.80. The number of nitrogens with zero attached hydrogens (tertiary/aromatic N) is 2. The van der Waals surface area contributed by atoms with Crippen molar-refractivity contribution in [1.29, 1.82) is 0 Å². The topological polar surface area (TPSA) is 59.2 Å². The largest absolute Gasteiger partial charge is 0.338 e. The molecule has 0 radical (unpaired) electrons. The molecule has 1 saturated heterocycles. The maximum atomic E-state index is 12.5. The van der Waals surface area contributed by atoms with E-state index in [0.29, 0.717) is 5.92 Å². The minimum absolute atomic E-state index is 0. The number of piperidine rings is 1. The van der Waals surface area contributed by atoms with Crippen LogP contribution in [0.25, 0.3) is 0 Å². The van der Waals surface area contributed by atoms with Gasteiger partial charge in [0.05, 0.1) is 10.7 Å². The zero-order valence-corrected chi connectivity index (χ0v) is 14.5. The minimum Gasteiger partial charge on any atom is -0.338 e. The number of likely N-dealkylation sites (tertiary alicyclic amines) is 1. The Kier molecular flexibility index (Phi) is 8.03. The maximum Gasteiger partial charge on any atom is 0.265 e. The Balaban J connectivity index is 0.00000180. The molecule has 1 aliphatic heterocycles. The molecule has 0 aromatic carbocycles. The molecular formula is C13H23Cl2N3OS. The highest BCUT2D eigenvalue weighted by Gasteiger charge is 2.28. The third-order valence-electron chi connectivity index (χ3n) is 3.59. The molecule has 0 aliphatic carbocycles. The van der Waals surface area contributed by atoms with E-state index >= 15 is 0 Å². The summed E-state index contributed by atoms with van der Waals surface area (Å²) in [6.07, 6.45) is 2.18. The van der Waals surface area contributed by atoms with Crippen LogP contribution in [-0.2, 0) is 0 Å².